The first-order valence-corrected chi connectivity index (χ1v) is 10.2. The van der Waals surface area contributed by atoms with Gasteiger partial charge in [-0.25, -0.2) is 0 Å². The van der Waals surface area contributed by atoms with Gasteiger partial charge in [0.05, 0.1) is 39.0 Å². The predicted octanol–water partition coefficient (Wildman–Crippen LogP) is -0.252. The van der Waals surface area contributed by atoms with E-state index in [2.05, 4.69) is 5.32 Å². The molecular formula is C20H32N4O8. The minimum absolute atomic E-state index is 0.0829. The summed E-state index contributed by atoms with van der Waals surface area (Å²) in [5.41, 5.74) is 1.92. The molecule has 1 aliphatic rings. The lowest BCUT2D eigenvalue weighted by molar-refractivity contribution is -0.147. The average molecular weight is 456 g/mol. The fourth-order valence-electron chi connectivity index (χ4n) is 3.53. The molecule has 0 fully saturated rings. The number of hydrogen-bond acceptors (Lipinski definition) is 8. The van der Waals surface area contributed by atoms with E-state index in [1.54, 1.807) is 14.0 Å². The number of carbonyl (C=O) groups is 4. The summed E-state index contributed by atoms with van der Waals surface area (Å²) < 4.78 is 0. The van der Waals surface area contributed by atoms with Gasteiger partial charge in [0.25, 0.3) is 0 Å². The van der Waals surface area contributed by atoms with E-state index in [0.717, 1.165) is 11.3 Å². The fourth-order valence-corrected chi connectivity index (χ4v) is 3.53. The van der Waals surface area contributed by atoms with Crippen molar-refractivity contribution in [1.82, 2.24) is 20.0 Å². The van der Waals surface area contributed by atoms with Crippen LogP contribution in [0.1, 0.15) is 26.2 Å². The van der Waals surface area contributed by atoms with Crippen LogP contribution in [0.5, 0.6) is 0 Å². The maximum atomic E-state index is 11.6. The topological polar surface area (TPSA) is 171 Å². The molecule has 0 heterocycles. The number of likely N-dealkylation sites (N-methyl/N-ethyl adjacent to an activating group) is 1. The first kappa shape index (κ1) is 27.1. The third kappa shape index (κ3) is 9.90. The van der Waals surface area contributed by atoms with Crippen LogP contribution in [-0.4, -0.2) is 112 Å². The third-order valence-corrected chi connectivity index (χ3v) is 5.05. The van der Waals surface area contributed by atoms with E-state index < -0.39 is 49.7 Å². The van der Waals surface area contributed by atoms with E-state index in [1.807, 2.05) is 12.2 Å². The SMILES string of the molecule is CCN(CC(=O)O)CN(CC(=O)O)C(CC1=CC=C(NC)CC1)N(CC(=O)O)CC(=O)O. The van der Waals surface area contributed by atoms with E-state index >= 15 is 0 Å². The van der Waals surface area contributed by atoms with E-state index in [4.69, 9.17) is 5.11 Å². The predicted molar refractivity (Wildman–Crippen MR) is 114 cm³/mol. The number of aliphatic carboxylic acids is 4. The summed E-state index contributed by atoms with van der Waals surface area (Å²) in [6, 6.07) is 0. The smallest absolute Gasteiger partial charge is 0.317 e. The molecule has 0 saturated carbocycles. The average Bonchev–Trinajstić information content (AvgIpc) is 2.69. The van der Waals surface area contributed by atoms with Gasteiger partial charge < -0.3 is 25.7 Å². The van der Waals surface area contributed by atoms with E-state index in [9.17, 15) is 34.5 Å². The minimum atomic E-state index is -1.25. The zero-order valence-electron chi connectivity index (χ0n) is 18.4. The summed E-state index contributed by atoms with van der Waals surface area (Å²) >= 11 is 0. The Hall–Kier alpha value is -2.96. The van der Waals surface area contributed by atoms with Crippen LogP contribution in [0.2, 0.25) is 0 Å². The van der Waals surface area contributed by atoms with Crippen LogP contribution in [0.3, 0.4) is 0 Å². The van der Waals surface area contributed by atoms with Gasteiger partial charge in [0, 0.05) is 12.7 Å². The minimum Gasteiger partial charge on any atom is -0.480 e. The maximum Gasteiger partial charge on any atom is 0.317 e. The molecule has 0 bridgehead atoms. The highest BCUT2D eigenvalue weighted by Crippen LogP contribution is 2.24. The molecule has 1 rings (SSSR count). The van der Waals surface area contributed by atoms with Crippen molar-refractivity contribution >= 4 is 23.9 Å². The Morgan fingerprint density at radius 2 is 1.41 bits per heavy atom. The second-order valence-electron chi connectivity index (χ2n) is 7.46. The van der Waals surface area contributed by atoms with Gasteiger partial charge in [0.15, 0.2) is 0 Å². The van der Waals surface area contributed by atoms with Gasteiger partial charge in [-0.1, -0.05) is 18.6 Å². The maximum absolute atomic E-state index is 11.6. The molecule has 0 saturated heterocycles. The zero-order chi connectivity index (χ0) is 24.3. The molecule has 1 atom stereocenters. The van der Waals surface area contributed by atoms with Crippen LogP contribution in [0.25, 0.3) is 0 Å². The number of carboxylic acid groups (broad SMARTS) is 4. The number of hydrogen-bond donors (Lipinski definition) is 5. The molecule has 12 nitrogen and oxygen atoms in total. The van der Waals surface area contributed by atoms with Crippen molar-refractivity contribution < 1.29 is 39.6 Å². The van der Waals surface area contributed by atoms with Gasteiger partial charge in [-0.2, -0.15) is 0 Å². The highest BCUT2D eigenvalue weighted by atomic mass is 16.4. The van der Waals surface area contributed by atoms with Crippen molar-refractivity contribution in [3.8, 4) is 0 Å². The van der Waals surface area contributed by atoms with Gasteiger partial charge in [0.2, 0.25) is 0 Å². The largest absolute Gasteiger partial charge is 0.480 e. The number of carboxylic acids is 4. The van der Waals surface area contributed by atoms with Crippen LogP contribution < -0.4 is 5.32 Å². The van der Waals surface area contributed by atoms with Crippen LogP contribution >= 0.6 is 0 Å². The lowest BCUT2D eigenvalue weighted by Gasteiger charge is -2.40. The number of rotatable bonds is 16. The molecule has 0 aromatic heterocycles. The van der Waals surface area contributed by atoms with E-state index in [-0.39, 0.29) is 19.6 Å². The Bertz CT molecular complexity index is 736. The number of allylic oxidation sites excluding steroid dienone is 3. The molecule has 0 spiro atoms. The molecule has 5 N–H and O–H groups in total. The van der Waals surface area contributed by atoms with Crippen molar-refractivity contribution in [3.63, 3.8) is 0 Å². The van der Waals surface area contributed by atoms with Crippen LogP contribution in [-0.2, 0) is 19.2 Å². The van der Waals surface area contributed by atoms with Crippen molar-refractivity contribution in [2.24, 2.45) is 0 Å². The Balaban J connectivity index is 3.33. The van der Waals surface area contributed by atoms with Crippen molar-refractivity contribution in [2.45, 2.75) is 32.4 Å². The molecule has 1 aliphatic carbocycles. The summed E-state index contributed by atoms with van der Waals surface area (Å²) in [6.45, 7) is -0.122. The van der Waals surface area contributed by atoms with E-state index in [1.165, 1.54) is 14.7 Å². The monoisotopic (exact) mass is 456 g/mol. The van der Waals surface area contributed by atoms with Gasteiger partial charge >= 0.3 is 23.9 Å². The Morgan fingerprint density at radius 3 is 1.81 bits per heavy atom. The Kier molecular flexibility index (Phi) is 11.4. The molecule has 32 heavy (non-hydrogen) atoms. The van der Waals surface area contributed by atoms with E-state index in [0.29, 0.717) is 19.4 Å². The number of nitrogens with zero attached hydrogens (tertiary/aromatic N) is 3. The third-order valence-electron chi connectivity index (χ3n) is 5.05. The summed E-state index contributed by atoms with van der Waals surface area (Å²) in [4.78, 5) is 49.8. The highest BCUT2D eigenvalue weighted by Gasteiger charge is 2.32. The van der Waals surface area contributed by atoms with Gasteiger partial charge in [-0.3, -0.25) is 33.9 Å². The lowest BCUT2D eigenvalue weighted by Crippen LogP contribution is -2.56. The summed E-state index contributed by atoms with van der Waals surface area (Å²) in [5.74, 6) is -4.79. The molecule has 0 aliphatic heterocycles. The fraction of sp³-hybridized carbons (Fsp3) is 0.600. The standard InChI is InChI=1S/C20H32N4O8/c1-3-22(9-17(25)26)13-24(12-20(31)32)16(23(10-18(27)28)11-19(29)30)8-14-4-6-15(21-2)7-5-14/h4,6,16,21H,3,5,7-13H2,1-2H3,(H,25,26)(H,27,28)(H,29,30)(H,31,32). The molecule has 0 aromatic rings. The molecule has 0 radical (unpaired) electrons. The van der Waals surface area contributed by atoms with Crippen LogP contribution in [0.15, 0.2) is 23.4 Å². The van der Waals surface area contributed by atoms with Crippen LogP contribution in [0.4, 0.5) is 0 Å². The first-order chi connectivity index (χ1) is 15.0. The van der Waals surface area contributed by atoms with Crippen molar-refractivity contribution in [2.75, 3.05) is 46.4 Å². The van der Waals surface area contributed by atoms with Gasteiger partial charge in [-0.15, -0.1) is 0 Å². The zero-order valence-corrected chi connectivity index (χ0v) is 18.4. The Morgan fingerprint density at radius 1 is 0.875 bits per heavy atom. The van der Waals surface area contributed by atoms with Crippen LogP contribution in [0, 0.1) is 0 Å². The highest BCUT2D eigenvalue weighted by molar-refractivity contribution is 5.73. The summed E-state index contributed by atoms with van der Waals surface area (Å²) in [5, 5.41) is 40.3. The second-order valence-corrected chi connectivity index (χ2v) is 7.46. The normalized spacial score (nSPS) is 14.8. The van der Waals surface area contributed by atoms with Gasteiger partial charge in [0.1, 0.15) is 0 Å². The molecule has 12 heteroatoms. The molecule has 180 valence electrons. The Labute approximate surface area is 186 Å². The van der Waals surface area contributed by atoms with Crippen molar-refractivity contribution in [3.05, 3.63) is 23.4 Å². The van der Waals surface area contributed by atoms with Gasteiger partial charge in [-0.05, 0) is 31.9 Å². The first-order valence-electron chi connectivity index (χ1n) is 10.2. The quantitative estimate of drug-likeness (QED) is 0.193. The molecule has 1 unspecified atom stereocenters. The lowest BCUT2D eigenvalue weighted by atomic mass is 9.97. The second kappa shape index (κ2) is 13.5. The molecular weight excluding hydrogens is 424 g/mol. The molecule has 0 aromatic carbocycles. The molecule has 0 amide bonds. The van der Waals surface area contributed by atoms with Crippen molar-refractivity contribution in [1.29, 1.82) is 0 Å². The summed E-state index contributed by atoms with van der Waals surface area (Å²) in [6.07, 6.45) is 4.43. The number of nitrogens with one attached hydrogen (secondary N) is 1. The summed E-state index contributed by atoms with van der Waals surface area (Å²) in [7, 11) is 1.80.